The summed E-state index contributed by atoms with van der Waals surface area (Å²) in [6, 6.07) is 12.0. The summed E-state index contributed by atoms with van der Waals surface area (Å²) in [5.41, 5.74) is 4.09. The van der Waals surface area contributed by atoms with Crippen LogP contribution in [-0.4, -0.2) is 47.2 Å². The van der Waals surface area contributed by atoms with Crippen molar-refractivity contribution in [2.45, 2.75) is 25.9 Å². The maximum absolute atomic E-state index is 6.30. The van der Waals surface area contributed by atoms with E-state index in [-0.39, 0.29) is 18.5 Å². The number of rotatable bonds is 8. The van der Waals surface area contributed by atoms with Gasteiger partial charge in [0, 0.05) is 18.4 Å². The van der Waals surface area contributed by atoms with Crippen LogP contribution in [-0.2, 0) is 4.84 Å². The molecule has 2 aromatic carbocycles. The van der Waals surface area contributed by atoms with Crippen molar-refractivity contribution in [2.75, 3.05) is 41.5 Å². The lowest BCUT2D eigenvalue weighted by Crippen LogP contribution is -3.05. The number of aryl methyl sites for hydroxylation is 1. The van der Waals surface area contributed by atoms with Gasteiger partial charge in [0.1, 0.15) is 18.5 Å². The molecular weight excluding hydrogens is 404 g/mol. The van der Waals surface area contributed by atoms with Crippen LogP contribution in [0.1, 0.15) is 35.6 Å². The fourth-order valence-electron chi connectivity index (χ4n) is 3.39. The van der Waals surface area contributed by atoms with Crippen molar-refractivity contribution in [1.29, 1.82) is 0 Å². The molecule has 0 amide bonds. The molecule has 1 atom stereocenters. The minimum absolute atomic E-state index is 0. The van der Waals surface area contributed by atoms with Crippen molar-refractivity contribution in [3.05, 3.63) is 53.1 Å². The smallest absolute Gasteiger partial charge is 0.161 e. The van der Waals surface area contributed by atoms with E-state index in [0.29, 0.717) is 24.5 Å². The highest BCUT2D eigenvalue weighted by molar-refractivity contribution is 6.04. The molecular formula is C23H31ClN2O4. The zero-order valence-corrected chi connectivity index (χ0v) is 19.1. The predicted octanol–water partition coefficient (Wildman–Crippen LogP) is -0.205. The van der Waals surface area contributed by atoms with E-state index in [1.165, 1.54) is 10.5 Å². The van der Waals surface area contributed by atoms with Crippen LogP contribution < -0.4 is 31.5 Å². The lowest BCUT2D eigenvalue weighted by atomic mass is 9.94. The highest BCUT2D eigenvalue weighted by Gasteiger charge is 2.27. The standard InChI is InChI=1S/C23H30N2O4.ClH/c1-16-7-9-20-18(13-16)19(24-28-12-6-11-25(2)3)15-22(29-20)17-8-10-21(26-4)23(14-17)27-5;/h7-10,13-14,22H,6,11-12,15H2,1-5H3;1H/b24-19+;. The summed E-state index contributed by atoms with van der Waals surface area (Å²) >= 11 is 0. The highest BCUT2D eigenvalue weighted by Crippen LogP contribution is 2.38. The lowest BCUT2D eigenvalue weighted by Gasteiger charge is -2.28. The van der Waals surface area contributed by atoms with Crippen molar-refractivity contribution < 1.29 is 36.4 Å². The first kappa shape index (κ1) is 23.8. The molecule has 0 bridgehead atoms. The number of halogens is 1. The van der Waals surface area contributed by atoms with Crippen LogP contribution in [0.15, 0.2) is 41.6 Å². The van der Waals surface area contributed by atoms with Gasteiger partial charge < -0.3 is 36.4 Å². The Labute approximate surface area is 185 Å². The van der Waals surface area contributed by atoms with E-state index >= 15 is 0 Å². The predicted molar refractivity (Wildman–Crippen MR) is 113 cm³/mol. The summed E-state index contributed by atoms with van der Waals surface area (Å²) in [7, 11) is 7.54. The van der Waals surface area contributed by atoms with E-state index in [0.717, 1.165) is 35.6 Å². The first-order valence-corrected chi connectivity index (χ1v) is 9.99. The number of oxime groups is 1. The van der Waals surface area contributed by atoms with Crippen LogP contribution in [0.25, 0.3) is 0 Å². The molecule has 3 rings (SSSR count). The van der Waals surface area contributed by atoms with Crippen molar-refractivity contribution in [2.24, 2.45) is 5.16 Å². The molecule has 0 saturated heterocycles. The molecule has 0 aliphatic carbocycles. The topological polar surface area (TPSA) is 53.7 Å². The van der Waals surface area contributed by atoms with Gasteiger partial charge in [-0.3, -0.25) is 0 Å². The van der Waals surface area contributed by atoms with Gasteiger partial charge in [-0.15, -0.1) is 0 Å². The second-order valence-electron chi connectivity index (χ2n) is 7.61. The van der Waals surface area contributed by atoms with Crippen molar-refractivity contribution >= 4 is 5.71 Å². The molecule has 0 aromatic heterocycles. The summed E-state index contributed by atoms with van der Waals surface area (Å²) < 4.78 is 17.1. The maximum atomic E-state index is 6.30. The van der Waals surface area contributed by atoms with Crippen molar-refractivity contribution in [1.82, 2.24) is 0 Å². The van der Waals surface area contributed by atoms with Gasteiger partial charge in [-0.2, -0.15) is 0 Å². The average molecular weight is 435 g/mol. The third kappa shape index (κ3) is 5.80. The molecule has 0 fully saturated rings. The van der Waals surface area contributed by atoms with E-state index in [1.54, 1.807) is 14.2 Å². The molecule has 2 aromatic rings. The van der Waals surface area contributed by atoms with Crippen LogP contribution >= 0.6 is 0 Å². The number of nitrogens with zero attached hydrogens (tertiary/aromatic N) is 1. The Balaban J connectivity index is 0.00000320. The largest absolute Gasteiger partial charge is 1.00 e. The summed E-state index contributed by atoms with van der Waals surface area (Å²) in [6.45, 7) is 3.73. The Kier molecular flexibility index (Phi) is 8.81. The molecule has 1 unspecified atom stereocenters. The van der Waals surface area contributed by atoms with Crippen LogP contribution in [0, 0.1) is 6.92 Å². The Hall–Kier alpha value is -2.44. The normalized spacial score (nSPS) is 16.5. The molecule has 7 heteroatoms. The van der Waals surface area contributed by atoms with Crippen LogP contribution in [0.5, 0.6) is 17.2 Å². The van der Waals surface area contributed by atoms with Crippen LogP contribution in [0.2, 0.25) is 0 Å². The van der Waals surface area contributed by atoms with Gasteiger partial charge in [-0.1, -0.05) is 22.9 Å². The first-order chi connectivity index (χ1) is 14.0. The van der Waals surface area contributed by atoms with Gasteiger partial charge >= 0.3 is 0 Å². The molecule has 30 heavy (non-hydrogen) atoms. The third-order valence-corrected chi connectivity index (χ3v) is 4.96. The first-order valence-electron chi connectivity index (χ1n) is 9.99. The van der Waals surface area contributed by atoms with Crippen LogP contribution in [0.3, 0.4) is 0 Å². The Morgan fingerprint density at radius 3 is 2.53 bits per heavy atom. The number of hydrogen-bond donors (Lipinski definition) is 1. The number of nitrogens with one attached hydrogen (secondary N) is 1. The molecule has 1 heterocycles. The fourth-order valence-corrected chi connectivity index (χ4v) is 3.39. The van der Waals surface area contributed by atoms with Crippen LogP contribution in [0.4, 0.5) is 0 Å². The number of quaternary nitrogens is 1. The fraction of sp³-hybridized carbons (Fsp3) is 0.435. The highest BCUT2D eigenvalue weighted by atomic mass is 35.5. The molecule has 0 spiro atoms. The molecule has 6 nitrogen and oxygen atoms in total. The molecule has 0 radical (unpaired) electrons. The number of benzene rings is 2. The second-order valence-corrected chi connectivity index (χ2v) is 7.61. The van der Waals surface area contributed by atoms with E-state index in [2.05, 4.69) is 32.2 Å². The van der Waals surface area contributed by atoms with E-state index < -0.39 is 0 Å². The summed E-state index contributed by atoms with van der Waals surface area (Å²) in [5.74, 6) is 2.20. The summed E-state index contributed by atoms with van der Waals surface area (Å²) in [4.78, 5) is 7.06. The monoisotopic (exact) mass is 434 g/mol. The minimum Gasteiger partial charge on any atom is -1.00 e. The van der Waals surface area contributed by atoms with E-state index in [4.69, 9.17) is 19.0 Å². The van der Waals surface area contributed by atoms with Gasteiger partial charge in [0.05, 0.1) is 40.6 Å². The van der Waals surface area contributed by atoms with E-state index in [1.807, 2.05) is 30.3 Å². The van der Waals surface area contributed by atoms with Gasteiger partial charge in [0.2, 0.25) is 0 Å². The lowest BCUT2D eigenvalue weighted by molar-refractivity contribution is -0.858. The van der Waals surface area contributed by atoms with Crippen molar-refractivity contribution in [3.63, 3.8) is 0 Å². The summed E-state index contributed by atoms with van der Waals surface area (Å²) in [5, 5.41) is 4.49. The Morgan fingerprint density at radius 1 is 1.07 bits per heavy atom. The average Bonchev–Trinajstić information content (AvgIpc) is 2.72. The van der Waals surface area contributed by atoms with Crippen molar-refractivity contribution in [3.8, 4) is 17.2 Å². The number of hydrogen-bond acceptors (Lipinski definition) is 5. The number of fused-ring (bicyclic) bond motifs is 1. The zero-order valence-electron chi connectivity index (χ0n) is 18.3. The zero-order chi connectivity index (χ0) is 20.8. The molecule has 1 N–H and O–H groups in total. The molecule has 164 valence electrons. The second kappa shape index (κ2) is 11.1. The minimum atomic E-state index is -0.168. The Morgan fingerprint density at radius 2 is 1.83 bits per heavy atom. The van der Waals surface area contributed by atoms with Gasteiger partial charge in [-0.05, 0) is 36.8 Å². The maximum Gasteiger partial charge on any atom is 0.161 e. The van der Waals surface area contributed by atoms with Gasteiger partial charge in [-0.25, -0.2) is 0 Å². The third-order valence-electron chi connectivity index (χ3n) is 4.96. The van der Waals surface area contributed by atoms with Gasteiger partial charge in [0.15, 0.2) is 11.5 Å². The van der Waals surface area contributed by atoms with E-state index in [9.17, 15) is 0 Å². The SMILES string of the molecule is COc1ccc(C2C/C(=N\OCCC[NH+](C)C)c3cc(C)ccc3O2)cc1OC.[Cl-]. The number of methoxy groups -OCH3 is 2. The molecule has 1 aliphatic heterocycles. The number of ether oxygens (including phenoxy) is 3. The molecule has 1 aliphatic rings. The quantitative estimate of drug-likeness (QED) is 0.461. The van der Waals surface area contributed by atoms with Gasteiger partial charge in [0.25, 0.3) is 0 Å². The summed E-state index contributed by atoms with van der Waals surface area (Å²) in [6.07, 6.45) is 1.43. The Bertz CT molecular complexity index is 870. The molecule has 0 saturated carbocycles.